The molecule has 5 N–H and O–H groups in total. The van der Waals surface area contributed by atoms with Crippen molar-refractivity contribution >= 4 is 33.6 Å². The highest BCUT2D eigenvalue weighted by molar-refractivity contribution is 5.83. The Bertz CT molecular complexity index is 1820. The Hall–Kier alpha value is -4.66. The third-order valence-electron chi connectivity index (χ3n) is 6.99. The molecule has 0 aliphatic carbocycles. The van der Waals surface area contributed by atoms with Gasteiger partial charge in [0.05, 0.1) is 5.60 Å². The molecule has 1 atom stereocenters. The van der Waals surface area contributed by atoms with E-state index in [0.717, 1.165) is 11.1 Å². The van der Waals surface area contributed by atoms with E-state index in [4.69, 9.17) is 14.6 Å². The second-order valence-electron chi connectivity index (χ2n) is 10.7. The molecule has 2 aromatic heterocycles. The van der Waals surface area contributed by atoms with Gasteiger partial charge in [0, 0.05) is 46.2 Å². The second kappa shape index (κ2) is 9.51. The molecule has 6 aromatic rings. The van der Waals surface area contributed by atoms with Crippen LogP contribution in [0.2, 0.25) is 0 Å². The summed E-state index contributed by atoms with van der Waals surface area (Å²) < 4.78 is 12.1. The number of nitrogen functional groups attached to an aromatic ring is 1. The van der Waals surface area contributed by atoms with Crippen molar-refractivity contribution in [3.63, 3.8) is 0 Å². The fourth-order valence-electron chi connectivity index (χ4n) is 4.85. The lowest BCUT2D eigenvalue weighted by atomic mass is 9.92. The first kappa shape index (κ1) is 25.6. The molecule has 0 radical (unpaired) electrons. The van der Waals surface area contributed by atoms with Crippen LogP contribution in [0, 0.1) is 0 Å². The summed E-state index contributed by atoms with van der Waals surface area (Å²) in [7, 11) is 0. The lowest BCUT2D eigenvalue weighted by molar-refractivity contribution is 0.0705. The maximum Gasteiger partial charge on any atom is 0.227 e. The predicted octanol–water partition coefficient (Wildman–Crippen LogP) is 6.43. The van der Waals surface area contributed by atoms with Gasteiger partial charge in [-0.05, 0) is 63.2 Å². The smallest absolute Gasteiger partial charge is 0.227 e. The first-order chi connectivity index (χ1) is 19.1. The Balaban J connectivity index is 1.32. The fraction of sp³-hybridized carbons (Fsp3) is 0.188. The predicted molar refractivity (Wildman–Crippen MR) is 157 cm³/mol. The van der Waals surface area contributed by atoms with Crippen LogP contribution in [-0.4, -0.2) is 26.7 Å². The van der Waals surface area contributed by atoms with E-state index in [0.29, 0.717) is 56.5 Å². The summed E-state index contributed by atoms with van der Waals surface area (Å²) in [5.74, 6) is 0.972. The van der Waals surface area contributed by atoms with Crippen LogP contribution >= 0.6 is 0 Å². The monoisotopic (exact) mass is 534 g/mol. The third-order valence-corrected chi connectivity index (χ3v) is 6.99. The summed E-state index contributed by atoms with van der Waals surface area (Å²) in [6.45, 7) is 5.18. The van der Waals surface area contributed by atoms with Crippen molar-refractivity contribution in [1.29, 1.82) is 0 Å². The van der Waals surface area contributed by atoms with E-state index in [2.05, 4.69) is 15.3 Å². The molecule has 0 bridgehead atoms. The van der Waals surface area contributed by atoms with Crippen LogP contribution in [0.5, 0.6) is 0 Å². The van der Waals surface area contributed by atoms with Crippen LogP contribution in [-0.2, 0) is 11.2 Å². The summed E-state index contributed by atoms with van der Waals surface area (Å²) in [5, 5.41) is 25.8. The Labute approximate surface area is 231 Å². The molecule has 6 rings (SSSR count). The van der Waals surface area contributed by atoms with Crippen molar-refractivity contribution in [1.82, 2.24) is 9.97 Å². The number of benzene rings is 4. The molecule has 8 heteroatoms. The lowest BCUT2D eigenvalue weighted by Crippen LogP contribution is -2.32. The fourth-order valence-corrected chi connectivity index (χ4v) is 4.85. The van der Waals surface area contributed by atoms with Crippen molar-refractivity contribution < 1.29 is 19.0 Å². The number of oxazole rings is 2. The summed E-state index contributed by atoms with van der Waals surface area (Å²) >= 11 is 0. The number of anilines is 2. The SMILES string of the molecule is CC(C)(O)c1cc2nc(-c3ccccc3)oc2cc1NCC(C)(O)c1cc2oc(-c3ccccc3)nc2cc1N. The summed E-state index contributed by atoms with van der Waals surface area (Å²) in [6, 6.07) is 26.3. The van der Waals surface area contributed by atoms with Crippen molar-refractivity contribution in [2.75, 3.05) is 17.6 Å². The van der Waals surface area contributed by atoms with E-state index in [9.17, 15) is 10.2 Å². The van der Waals surface area contributed by atoms with Crippen molar-refractivity contribution in [2.24, 2.45) is 0 Å². The van der Waals surface area contributed by atoms with Crippen LogP contribution in [0.15, 0.2) is 93.8 Å². The Morgan fingerprint density at radius 1 is 0.725 bits per heavy atom. The van der Waals surface area contributed by atoms with E-state index in [1.807, 2.05) is 66.7 Å². The van der Waals surface area contributed by atoms with E-state index >= 15 is 0 Å². The van der Waals surface area contributed by atoms with Gasteiger partial charge in [-0.1, -0.05) is 36.4 Å². The zero-order valence-electron chi connectivity index (χ0n) is 22.5. The second-order valence-corrected chi connectivity index (χ2v) is 10.7. The average molecular weight is 535 g/mol. The number of rotatable bonds is 7. The zero-order valence-corrected chi connectivity index (χ0v) is 22.5. The summed E-state index contributed by atoms with van der Waals surface area (Å²) in [5.41, 5.74) is 9.98. The van der Waals surface area contributed by atoms with Gasteiger partial charge in [0.15, 0.2) is 11.2 Å². The van der Waals surface area contributed by atoms with Crippen LogP contribution in [0.4, 0.5) is 11.4 Å². The van der Waals surface area contributed by atoms with E-state index in [1.165, 1.54) is 0 Å². The first-order valence-electron chi connectivity index (χ1n) is 13.0. The van der Waals surface area contributed by atoms with Gasteiger partial charge in [-0.3, -0.25) is 0 Å². The third kappa shape index (κ3) is 4.79. The van der Waals surface area contributed by atoms with E-state index in [1.54, 1.807) is 39.0 Å². The molecular formula is C32H30N4O4. The highest BCUT2D eigenvalue weighted by atomic mass is 16.4. The van der Waals surface area contributed by atoms with Gasteiger partial charge in [0.25, 0.3) is 0 Å². The highest BCUT2D eigenvalue weighted by Gasteiger charge is 2.29. The Kier molecular flexibility index (Phi) is 6.09. The maximum atomic E-state index is 11.6. The summed E-state index contributed by atoms with van der Waals surface area (Å²) in [6.07, 6.45) is 0. The standard InChI is InChI=1S/C32H30N4O4/c1-31(2,37)22-14-25-28(40-29(35-25)19-10-6-4-7-11-19)17-24(22)34-18-32(3,38)21-15-27-26(16-23(21)33)36-30(39-27)20-12-8-5-9-13-20/h4-17,34,37-38H,18,33H2,1-3H3. The van der Waals surface area contributed by atoms with Crippen molar-refractivity contribution in [3.05, 3.63) is 96.1 Å². The molecule has 40 heavy (non-hydrogen) atoms. The number of aliphatic hydroxyl groups is 2. The molecule has 2 heterocycles. The number of fused-ring (bicyclic) bond motifs is 2. The molecule has 4 aromatic carbocycles. The molecular weight excluding hydrogens is 504 g/mol. The quantitative estimate of drug-likeness (QED) is 0.172. The molecule has 0 fully saturated rings. The van der Waals surface area contributed by atoms with Gasteiger partial charge in [0.1, 0.15) is 16.6 Å². The normalized spacial score (nSPS) is 13.5. The zero-order chi connectivity index (χ0) is 28.1. The van der Waals surface area contributed by atoms with E-state index in [-0.39, 0.29) is 6.54 Å². The van der Waals surface area contributed by atoms with Crippen LogP contribution in [0.3, 0.4) is 0 Å². The van der Waals surface area contributed by atoms with Gasteiger partial charge in [0.2, 0.25) is 11.8 Å². The minimum absolute atomic E-state index is 0.0939. The molecule has 0 amide bonds. The number of nitrogens with zero attached hydrogens (tertiary/aromatic N) is 2. The number of hydrogen-bond acceptors (Lipinski definition) is 8. The number of nitrogens with two attached hydrogens (primary N) is 1. The topological polar surface area (TPSA) is 131 Å². The number of nitrogens with one attached hydrogen (secondary N) is 1. The van der Waals surface area contributed by atoms with Gasteiger partial charge in [-0.25, -0.2) is 9.97 Å². The molecule has 0 aliphatic rings. The first-order valence-corrected chi connectivity index (χ1v) is 13.0. The van der Waals surface area contributed by atoms with Crippen molar-refractivity contribution in [2.45, 2.75) is 32.0 Å². The highest BCUT2D eigenvalue weighted by Crippen LogP contribution is 2.37. The molecule has 8 nitrogen and oxygen atoms in total. The van der Waals surface area contributed by atoms with Crippen LogP contribution < -0.4 is 11.1 Å². The van der Waals surface area contributed by atoms with Gasteiger partial charge < -0.3 is 30.1 Å². The van der Waals surface area contributed by atoms with Crippen LogP contribution in [0.25, 0.3) is 45.1 Å². The van der Waals surface area contributed by atoms with E-state index < -0.39 is 11.2 Å². The largest absolute Gasteiger partial charge is 0.436 e. The Morgan fingerprint density at radius 2 is 1.25 bits per heavy atom. The molecule has 0 saturated carbocycles. The molecule has 0 saturated heterocycles. The number of aromatic nitrogens is 2. The Morgan fingerprint density at radius 3 is 1.80 bits per heavy atom. The van der Waals surface area contributed by atoms with Gasteiger partial charge >= 0.3 is 0 Å². The lowest BCUT2D eigenvalue weighted by Gasteiger charge is -2.28. The average Bonchev–Trinajstić information content (AvgIpc) is 3.55. The number of hydrogen-bond donors (Lipinski definition) is 4. The minimum atomic E-state index is -1.39. The van der Waals surface area contributed by atoms with Crippen LogP contribution in [0.1, 0.15) is 31.9 Å². The molecule has 202 valence electrons. The molecule has 0 spiro atoms. The minimum Gasteiger partial charge on any atom is -0.436 e. The van der Waals surface area contributed by atoms with Gasteiger partial charge in [-0.15, -0.1) is 0 Å². The van der Waals surface area contributed by atoms with Gasteiger partial charge in [-0.2, -0.15) is 0 Å². The molecule has 1 unspecified atom stereocenters. The maximum absolute atomic E-state index is 11.6. The van der Waals surface area contributed by atoms with Crippen molar-refractivity contribution in [3.8, 4) is 22.9 Å². The molecule has 0 aliphatic heterocycles. The summed E-state index contributed by atoms with van der Waals surface area (Å²) in [4.78, 5) is 9.20.